The number of H-pyrrole nitrogens is 1. The molecule has 1 unspecified atom stereocenters. The Balaban J connectivity index is 1.98. The number of benzene rings is 2. The second-order valence-corrected chi connectivity index (χ2v) is 7.33. The molecule has 0 fully saturated rings. The predicted octanol–water partition coefficient (Wildman–Crippen LogP) is 4.17. The third-order valence-corrected chi connectivity index (χ3v) is 5.05. The molecule has 14 heteroatoms. The van der Waals surface area contributed by atoms with Crippen molar-refractivity contribution in [3.8, 4) is 28.5 Å². The minimum atomic E-state index is -5.14. The summed E-state index contributed by atoms with van der Waals surface area (Å²) in [6.45, 7) is 0. The van der Waals surface area contributed by atoms with Crippen LogP contribution < -0.4 is 20.6 Å². The molecule has 0 spiro atoms. The van der Waals surface area contributed by atoms with E-state index in [1.807, 2.05) is 0 Å². The maximum atomic E-state index is 14.5. The summed E-state index contributed by atoms with van der Waals surface area (Å²) >= 11 is 0. The maximum absolute atomic E-state index is 14.5. The second-order valence-electron chi connectivity index (χ2n) is 7.33. The number of aromatic nitrogens is 3. The molecule has 4 N–H and O–H groups in total. The van der Waals surface area contributed by atoms with Crippen molar-refractivity contribution in [1.82, 2.24) is 15.2 Å². The quantitative estimate of drug-likeness (QED) is 0.271. The smallest absolute Gasteiger partial charge is 0.419 e. The van der Waals surface area contributed by atoms with Crippen molar-refractivity contribution in [1.29, 1.82) is 0 Å². The molecule has 188 valence electrons. The van der Waals surface area contributed by atoms with E-state index < -0.39 is 63.7 Å². The van der Waals surface area contributed by atoms with Crippen LogP contribution in [-0.4, -0.2) is 27.4 Å². The Labute approximate surface area is 196 Å². The van der Waals surface area contributed by atoms with Gasteiger partial charge in [-0.15, -0.1) is 0 Å². The van der Waals surface area contributed by atoms with E-state index in [-0.39, 0.29) is 22.3 Å². The van der Waals surface area contributed by atoms with E-state index in [0.717, 1.165) is 25.4 Å². The van der Waals surface area contributed by atoms with Crippen LogP contribution in [0.2, 0.25) is 0 Å². The van der Waals surface area contributed by atoms with Crippen molar-refractivity contribution in [3.63, 3.8) is 0 Å². The highest BCUT2D eigenvalue weighted by Crippen LogP contribution is 2.43. The molecule has 0 aliphatic heterocycles. The topological polar surface area (TPSA) is 123 Å². The lowest BCUT2D eigenvalue weighted by Gasteiger charge is -2.17. The molecule has 0 saturated heterocycles. The zero-order chi connectivity index (χ0) is 26.4. The zero-order valence-corrected chi connectivity index (χ0v) is 18.0. The summed E-state index contributed by atoms with van der Waals surface area (Å²) in [5.41, 5.74) is 1.95. The van der Waals surface area contributed by atoms with Gasteiger partial charge < -0.3 is 25.3 Å². The Hall–Kier alpha value is -4.17. The summed E-state index contributed by atoms with van der Waals surface area (Å²) in [4.78, 5) is 15.5. The van der Waals surface area contributed by atoms with Gasteiger partial charge in [0.2, 0.25) is 11.6 Å². The average Bonchev–Trinajstić information content (AvgIpc) is 2.81. The number of nitrogens with two attached hydrogens (primary N) is 1. The molecule has 8 nitrogen and oxygen atoms in total. The van der Waals surface area contributed by atoms with Crippen molar-refractivity contribution in [2.24, 2.45) is 5.73 Å². The monoisotopic (exact) mass is 512 g/mol. The molecular formula is C22H14F6N4O4. The molecule has 0 aliphatic carbocycles. The Bertz CT molecular complexity index is 1540. The first-order valence-corrected chi connectivity index (χ1v) is 9.85. The van der Waals surface area contributed by atoms with E-state index in [4.69, 9.17) is 15.2 Å². The van der Waals surface area contributed by atoms with E-state index in [1.54, 1.807) is 0 Å². The SMILES string of the molecule is COc1c(Oc2cc(C(F)(F)F)c(F)cc2-c2cc(=O)c3c(C(N)O)nncc3[nH]2)ccc(F)c1F. The number of hydrogen-bond donors (Lipinski definition) is 3. The van der Waals surface area contributed by atoms with Crippen LogP contribution in [0.15, 0.2) is 41.3 Å². The fourth-order valence-corrected chi connectivity index (χ4v) is 3.46. The van der Waals surface area contributed by atoms with Crippen LogP contribution >= 0.6 is 0 Å². The van der Waals surface area contributed by atoms with E-state index in [0.29, 0.717) is 18.2 Å². The Morgan fingerprint density at radius 2 is 1.81 bits per heavy atom. The molecule has 2 heterocycles. The molecular weight excluding hydrogens is 498 g/mol. The van der Waals surface area contributed by atoms with Gasteiger partial charge >= 0.3 is 6.18 Å². The molecule has 4 rings (SSSR count). The molecule has 4 aromatic rings. The first-order valence-electron chi connectivity index (χ1n) is 9.85. The summed E-state index contributed by atoms with van der Waals surface area (Å²) in [5.74, 6) is -6.45. The Morgan fingerprint density at radius 3 is 2.44 bits per heavy atom. The van der Waals surface area contributed by atoms with E-state index in [1.165, 1.54) is 0 Å². The molecule has 0 radical (unpaired) electrons. The van der Waals surface area contributed by atoms with Gasteiger partial charge in [0.05, 0.1) is 35.5 Å². The van der Waals surface area contributed by atoms with Crippen LogP contribution in [0.25, 0.3) is 22.2 Å². The number of halogens is 6. The van der Waals surface area contributed by atoms with Crippen LogP contribution in [0.4, 0.5) is 26.3 Å². The van der Waals surface area contributed by atoms with Crippen LogP contribution in [0.1, 0.15) is 17.5 Å². The molecule has 1 atom stereocenters. The van der Waals surface area contributed by atoms with Gasteiger partial charge in [-0.3, -0.25) is 4.79 Å². The highest BCUT2D eigenvalue weighted by Gasteiger charge is 2.36. The number of nitrogens with zero attached hydrogens (tertiary/aromatic N) is 2. The number of pyridine rings is 1. The lowest BCUT2D eigenvalue weighted by atomic mass is 10.0. The number of aliphatic hydroxyl groups excluding tert-OH is 1. The maximum Gasteiger partial charge on any atom is 0.419 e. The van der Waals surface area contributed by atoms with Gasteiger partial charge in [-0.2, -0.15) is 27.8 Å². The third-order valence-electron chi connectivity index (χ3n) is 5.05. The van der Waals surface area contributed by atoms with E-state index in [9.17, 15) is 36.2 Å². The third kappa shape index (κ3) is 4.43. The van der Waals surface area contributed by atoms with E-state index in [2.05, 4.69) is 15.2 Å². The number of aromatic amines is 1. The summed E-state index contributed by atoms with van der Waals surface area (Å²) in [6, 6.07) is 3.18. The molecule has 36 heavy (non-hydrogen) atoms. The van der Waals surface area contributed by atoms with Gasteiger partial charge in [-0.1, -0.05) is 0 Å². The summed E-state index contributed by atoms with van der Waals surface area (Å²) in [5, 5.41) is 16.7. The van der Waals surface area contributed by atoms with Crippen LogP contribution in [0, 0.1) is 17.5 Å². The highest BCUT2D eigenvalue weighted by molar-refractivity contribution is 5.84. The first-order chi connectivity index (χ1) is 16.9. The molecule has 0 saturated carbocycles. The van der Waals surface area contributed by atoms with Gasteiger partial charge in [-0.25, -0.2) is 8.78 Å². The van der Waals surface area contributed by atoms with Crippen molar-refractivity contribution >= 4 is 10.9 Å². The standard InChI is InChI=1S/C22H14F6N4O4/c1-35-20-15(3-2-10(23)18(20)25)36-16-5-9(22(26,27)28)11(24)4-8(16)12-6-14(33)17-13(31-12)7-30-32-19(17)21(29)34/h2-7,21,34H,29H2,1H3,(H,31,33). The van der Waals surface area contributed by atoms with E-state index >= 15 is 0 Å². The van der Waals surface area contributed by atoms with Crippen molar-refractivity contribution in [2.45, 2.75) is 12.4 Å². The molecule has 0 bridgehead atoms. The highest BCUT2D eigenvalue weighted by atomic mass is 19.4. The second kappa shape index (κ2) is 9.13. The summed E-state index contributed by atoms with van der Waals surface area (Å²) < 4.78 is 92.7. The van der Waals surface area contributed by atoms with Gasteiger partial charge in [-0.05, 0) is 24.3 Å². The molecule has 2 aromatic heterocycles. The van der Waals surface area contributed by atoms with Gasteiger partial charge in [0, 0.05) is 11.6 Å². The molecule has 0 aliphatic rings. The van der Waals surface area contributed by atoms with Crippen LogP contribution in [0.5, 0.6) is 17.2 Å². The molecule has 2 aromatic carbocycles. The number of rotatable bonds is 5. The zero-order valence-electron chi connectivity index (χ0n) is 18.0. The van der Waals surface area contributed by atoms with Gasteiger partial charge in [0.25, 0.3) is 0 Å². The number of ether oxygens (including phenoxy) is 2. The number of hydrogen-bond acceptors (Lipinski definition) is 7. The number of aliphatic hydroxyl groups is 1. The van der Waals surface area contributed by atoms with Gasteiger partial charge in [0.1, 0.15) is 23.5 Å². The molecule has 0 amide bonds. The van der Waals surface area contributed by atoms with Crippen LogP contribution in [-0.2, 0) is 6.18 Å². The first kappa shape index (κ1) is 24.9. The minimum Gasteiger partial charge on any atom is -0.490 e. The Kier molecular flexibility index (Phi) is 6.32. The predicted molar refractivity (Wildman–Crippen MR) is 113 cm³/mol. The number of methoxy groups -OCH3 is 1. The lowest BCUT2D eigenvalue weighted by Crippen LogP contribution is -2.17. The van der Waals surface area contributed by atoms with Crippen molar-refractivity contribution < 1.29 is 40.9 Å². The number of fused-ring (bicyclic) bond motifs is 1. The fourth-order valence-electron chi connectivity index (χ4n) is 3.46. The van der Waals surface area contributed by atoms with Gasteiger partial charge in [0.15, 0.2) is 17.0 Å². The lowest BCUT2D eigenvalue weighted by molar-refractivity contribution is -0.140. The van der Waals surface area contributed by atoms with Crippen molar-refractivity contribution in [2.75, 3.05) is 7.11 Å². The number of alkyl halides is 3. The average molecular weight is 512 g/mol. The Morgan fingerprint density at radius 1 is 1.08 bits per heavy atom. The van der Waals surface area contributed by atoms with Crippen molar-refractivity contribution in [3.05, 3.63) is 75.5 Å². The summed E-state index contributed by atoms with van der Waals surface area (Å²) in [6.07, 6.45) is -5.74. The normalized spacial score (nSPS) is 12.6. The minimum absolute atomic E-state index is 0.0383. The van der Waals surface area contributed by atoms with Crippen LogP contribution in [0.3, 0.4) is 0 Å². The number of nitrogens with one attached hydrogen (secondary N) is 1. The largest absolute Gasteiger partial charge is 0.490 e. The fraction of sp³-hybridized carbons (Fsp3) is 0.136. The summed E-state index contributed by atoms with van der Waals surface area (Å²) in [7, 11) is 0.975.